The van der Waals surface area contributed by atoms with E-state index in [1.165, 1.54) is 6.92 Å². The van der Waals surface area contributed by atoms with Crippen molar-refractivity contribution < 1.29 is 18.4 Å². The Morgan fingerprint density at radius 1 is 1.00 bits per heavy atom. The zero-order valence-electron chi connectivity index (χ0n) is 8.30. The molecule has 0 spiro atoms. The Morgan fingerprint density at radius 3 is 1.86 bits per heavy atom. The molecule has 4 nitrogen and oxygen atoms in total. The van der Waals surface area contributed by atoms with Crippen LogP contribution in [0, 0.1) is 0 Å². The van der Waals surface area contributed by atoms with Gasteiger partial charge in [0.1, 0.15) is 6.04 Å². The minimum absolute atomic E-state index is 0.0894. The maximum atomic E-state index is 11.8. The summed E-state index contributed by atoms with van der Waals surface area (Å²) in [7, 11) is 0. The third-order valence-electron chi connectivity index (χ3n) is 1.38. The van der Waals surface area contributed by atoms with Crippen LogP contribution in [-0.2, 0) is 9.59 Å². The summed E-state index contributed by atoms with van der Waals surface area (Å²) in [5.41, 5.74) is 0. The zero-order valence-corrected chi connectivity index (χ0v) is 8.30. The predicted molar refractivity (Wildman–Crippen MR) is 46.9 cm³/mol. The summed E-state index contributed by atoms with van der Waals surface area (Å²) < 4.78 is 23.5. The van der Waals surface area contributed by atoms with Gasteiger partial charge in [0.15, 0.2) is 0 Å². The largest absolute Gasteiger partial charge is 0.352 e. The van der Waals surface area contributed by atoms with Crippen molar-refractivity contribution in [1.29, 1.82) is 0 Å². The second kappa shape index (κ2) is 5.51. The van der Waals surface area contributed by atoms with Gasteiger partial charge < -0.3 is 10.6 Å². The highest BCUT2D eigenvalue weighted by Gasteiger charge is 2.21. The number of alkyl halides is 2. The number of amides is 2. The first-order valence-corrected chi connectivity index (χ1v) is 4.23. The maximum Gasteiger partial charge on any atom is 0.315 e. The van der Waals surface area contributed by atoms with Crippen molar-refractivity contribution in [2.45, 2.75) is 39.3 Å². The van der Waals surface area contributed by atoms with E-state index < -0.39 is 24.3 Å². The van der Waals surface area contributed by atoms with Gasteiger partial charge in [-0.05, 0) is 20.8 Å². The van der Waals surface area contributed by atoms with Crippen LogP contribution in [-0.4, -0.2) is 30.3 Å². The van der Waals surface area contributed by atoms with E-state index in [0.29, 0.717) is 0 Å². The standard InChI is InChI=1S/C8H14F2N2O2/c1-4(2)11-7(13)5(3)12-8(14)6(9)10/h4-6H,1-3H3,(H,11,13)(H,12,14). The van der Waals surface area contributed by atoms with Crippen LogP contribution in [0.15, 0.2) is 0 Å². The fourth-order valence-electron chi connectivity index (χ4n) is 0.751. The molecule has 0 saturated carbocycles. The van der Waals surface area contributed by atoms with E-state index in [9.17, 15) is 18.4 Å². The lowest BCUT2D eigenvalue weighted by Crippen LogP contribution is -2.48. The molecule has 0 fully saturated rings. The van der Waals surface area contributed by atoms with Gasteiger partial charge in [0.05, 0.1) is 0 Å². The van der Waals surface area contributed by atoms with E-state index in [4.69, 9.17) is 0 Å². The Bertz CT molecular complexity index is 219. The van der Waals surface area contributed by atoms with Crippen molar-refractivity contribution in [3.63, 3.8) is 0 Å². The van der Waals surface area contributed by atoms with E-state index in [1.54, 1.807) is 13.8 Å². The highest BCUT2D eigenvalue weighted by atomic mass is 19.3. The number of rotatable bonds is 4. The van der Waals surface area contributed by atoms with Crippen LogP contribution in [0.3, 0.4) is 0 Å². The van der Waals surface area contributed by atoms with Gasteiger partial charge in [-0.3, -0.25) is 9.59 Å². The monoisotopic (exact) mass is 208 g/mol. The van der Waals surface area contributed by atoms with Crippen LogP contribution >= 0.6 is 0 Å². The molecule has 0 aliphatic heterocycles. The first-order valence-electron chi connectivity index (χ1n) is 4.23. The molecular weight excluding hydrogens is 194 g/mol. The van der Waals surface area contributed by atoms with Crippen LogP contribution < -0.4 is 10.6 Å². The van der Waals surface area contributed by atoms with E-state index in [0.717, 1.165) is 0 Å². The molecule has 2 amide bonds. The van der Waals surface area contributed by atoms with Crippen molar-refractivity contribution >= 4 is 11.8 Å². The van der Waals surface area contributed by atoms with Crippen LogP contribution in [0.25, 0.3) is 0 Å². The lowest BCUT2D eigenvalue weighted by molar-refractivity contribution is -0.135. The van der Waals surface area contributed by atoms with Gasteiger partial charge in [-0.15, -0.1) is 0 Å². The van der Waals surface area contributed by atoms with Crippen molar-refractivity contribution in [1.82, 2.24) is 10.6 Å². The second-order valence-corrected chi connectivity index (χ2v) is 3.19. The van der Waals surface area contributed by atoms with Crippen molar-refractivity contribution in [3.8, 4) is 0 Å². The normalized spacial score (nSPS) is 12.8. The SMILES string of the molecule is CC(C)NC(=O)C(C)NC(=O)C(F)F. The molecule has 6 heteroatoms. The fraction of sp³-hybridized carbons (Fsp3) is 0.750. The molecule has 1 unspecified atom stereocenters. The summed E-state index contributed by atoms with van der Waals surface area (Å²) >= 11 is 0. The van der Waals surface area contributed by atoms with Crippen LogP contribution in [0.1, 0.15) is 20.8 Å². The molecule has 0 saturated heterocycles. The summed E-state index contributed by atoms with van der Waals surface area (Å²) in [6.45, 7) is 4.82. The lowest BCUT2D eigenvalue weighted by Gasteiger charge is -2.15. The molecule has 0 aromatic rings. The van der Waals surface area contributed by atoms with E-state index in [1.807, 2.05) is 5.32 Å². The van der Waals surface area contributed by atoms with Gasteiger partial charge in [-0.2, -0.15) is 8.78 Å². The fourth-order valence-corrected chi connectivity index (χ4v) is 0.751. The van der Waals surface area contributed by atoms with Crippen LogP contribution in [0.5, 0.6) is 0 Å². The summed E-state index contributed by atoms with van der Waals surface area (Å²) in [6.07, 6.45) is -3.09. The van der Waals surface area contributed by atoms with Gasteiger partial charge in [0.25, 0.3) is 5.91 Å². The minimum atomic E-state index is -3.09. The van der Waals surface area contributed by atoms with E-state index >= 15 is 0 Å². The molecule has 0 aromatic carbocycles. The summed E-state index contributed by atoms with van der Waals surface area (Å²) in [6, 6.07) is -1.03. The average molecular weight is 208 g/mol. The van der Waals surface area contributed by atoms with Gasteiger partial charge in [-0.25, -0.2) is 0 Å². The smallest absolute Gasteiger partial charge is 0.315 e. The third-order valence-corrected chi connectivity index (χ3v) is 1.38. The van der Waals surface area contributed by atoms with Gasteiger partial charge in [0, 0.05) is 6.04 Å². The van der Waals surface area contributed by atoms with Crippen molar-refractivity contribution in [3.05, 3.63) is 0 Å². The average Bonchev–Trinajstić information content (AvgIpc) is 2.02. The zero-order chi connectivity index (χ0) is 11.3. The Kier molecular flexibility index (Phi) is 5.04. The Hall–Kier alpha value is -1.20. The number of nitrogens with one attached hydrogen (secondary N) is 2. The predicted octanol–water partition coefficient (Wildman–Crippen LogP) is 0.281. The van der Waals surface area contributed by atoms with Gasteiger partial charge in [-0.1, -0.05) is 0 Å². The molecule has 2 N–H and O–H groups in total. The Balaban J connectivity index is 4.01. The number of hydrogen-bond acceptors (Lipinski definition) is 2. The molecule has 0 heterocycles. The number of carbonyl (C=O) groups is 2. The number of halogens is 2. The van der Waals surface area contributed by atoms with Gasteiger partial charge >= 0.3 is 6.43 Å². The second-order valence-electron chi connectivity index (χ2n) is 3.19. The van der Waals surface area contributed by atoms with E-state index in [-0.39, 0.29) is 6.04 Å². The van der Waals surface area contributed by atoms with Crippen molar-refractivity contribution in [2.75, 3.05) is 0 Å². The van der Waals surface area contributed by atoms with Crippen LogP contribution in [0.4, 0.5) is 8.78 Å². The molecule has 82 valence electrons. The molecule has 0 rings (SSSR count). The molecule has 0 aliphatic carbocycles. The highest BCUT2D eigenvalue weighted by Crippen LogP contribution is 1.93. The summed E-state index contributed by atoms with van der Waals surface area (Å²) in [5, 5.41) is 4.37. The molecule has 14 heavy (non-hydrogen) atoms. The number of hydrogen-bond donors (Lipinski definition) is 2. The van der Waals surface area contributed by atoms with Crippen molar-refractivity contribution in [2.24, 2.45) is 0 Å². The van der Waals surface area contributed by atoms with Gasteiger partial charge in [0.2, 0.25) is 5.91 Å². The quantitative estimate of drug-likeness (QED) is 0.697. The Labute approximate surface area is 81.0 Å². The molecule has 0 bridgehead atoms. The maximum absolute atomic E-state index is 11.8. The number of carbonyl (C=O) groups excluding carboxylic acids is 2. The molecule has 0 radical (unpaired) electrons. The third kappa shape index (κ3) is 4.74. The molecule has 0 aromatic heterocycles. The van der Waals surface area contributed by atoms with E-state index in [2.05, 4.69) is 5.32 Å². The Morgan fingerprint density at radius 2 is 1.50 bits per heavy atom. The van der Waals surface area contributed by atoms with Crippen LogP contribution in [0.2, 0.25) is 0 Å². The first kappa shape index (κ1) is 12.8. The first-order chi connectivity index (χ1) is 6.34. The highest BCUT2D eigenvalue weighted by molar-refractivity contribution is 5.88. The molecular formula is C8H14F2N2O2. The lowest BCUT2D eigenvalue weighted by atomic mass is 10.3. The topological polar surface area (TPSA) is 58.2 Å². The molecule has 0 aliphatic rings. The minimum Gasteiger partial charge on any atom is -0.352 e. The molecule has 1 atom stereocenters. The summed E-state index contributed by atoms with van der Waals surface area (Å²) in [4.78, 5) is 21.6. The summed E-state index contributed by atoms with van der Waals surface area (Å²) in [5.74, 6) is -1.91.